The van der Waals surface area contributed by atoms with Crippen LogP contribution in [0.3, 0.4) is 0 Å². The predicted octanol–water partition coefficient (Wildman–Crippen LogP) is 0.840. The van der Waals surface area contributed by atoms with Gasteiger partial charge in [0.05, 0.1) is 11.5 Å². The van der Waals surface area contributed by atoms with Crippen LogP contribution in [0.4, 0.5) is 5.69 Å². The van der Waals surface area contributed by atoms with E-state index in [4.69, 9.17) is 0 Å². The maximum Gasteiger partial charge on any atom is 0.269 e. The van der Waals surface area contributed by atoms with Crippen LogP contribution in [0.15, 0.2) is 30.3 Å². The zero-order valence-electron chi connectivity index (χ0n) is 14.4. The largest absolute Gasteiger partial charge is 0.338 e. The number of hydrogen-bond acceptors (Lipinski definition) is 5. The van der Waals surface area contributed by atoms with Gasteiger partial charge in [-0.25, -0.2) is 0 Å². The van der Waals surface area contributed by atoms with Gasteiger partial charge in [-0.2, -0.15) is 0 Å². The fourth-order valence-corrected chi connectivity index (χ4v) is 2.53. The lowest BCUT2D eigenvalue weighted by molar-refractivity contribution is -0.384. The average molecular weight is 346 g/mol. The highest BCUT2D eigenvalue weighted by Gasteiger charge is 2.23. The summed E-state index contributed by atoms with van der Waals surface area (Å²) >= 11 is 0. The minimum absolute atomic E-state index is 0.0157. The predicted molar refractivity (Wildman–Crippen MR) is 93.8 cm³/mol. The van der Waals surface area contributed by atoms with Crippen molar-refractivity contribution >= 4 is 23.6 Å². The summed E-state index contributed by atoms with van der Waals surface area (Å²) in [6.07, 6.45) is 3.09. The summed E-state index contributed by atoms with van der Waals surface area (Å²) in [5.74, 6) is -0.0587. The van der Waals surface area contributed by atoms with E-state index in [0.29, 0.717) is 32.7 Å². The molecule has 0 aliphatic carbocycles. The molecule has 1 aromatic rings. The number of amides is 2. The van der Waals surface area contributed by atoms with Gasteiger partial charge in [0.25, 0.3) is 5.69 Å². The molecule has 8 heteroatoms. The number of piperazine rings is 1. The van der Waals surface area contributed by atoms with Crippen LogP contribution in [-0.4, -0.2) is 78.3 Å². The van der Waals surface area contributed by atoms with E-state index in [1.54, 1.807) is 28.0 Å². The summed E-state index contributed by atoms with van der Waals surface area (Å²) in [6.45, 7) is 2.44. The molecule has 0 bridgehead atoms. The number of non-ortho nitro benzene ring substituents is 1. The first-order valence-corrected chi connectivity index (χ1v) is 8.01. The molecule has 2 rings (SSSR count). The van der Waals surface area contributed by atoms with E-state index in [0.717, 1.165) is 5.56 Å². The van der Waals surface area contributed by atoms with Gasteiger partial charge >= 0.3 is 0 Å². The molecule has 8 nitrogen and oxygen atoms in total. The van der Waals surface area contributed by atoms with Crippen molar-refractivity contribution in [2.24, 2.45) is 0 Å². The third-order valence-electron chi connectivity index (χ3n) is 3.92. The second-order valence-electron chi connectivity index (χ2n) is 6.13. The number of carbonyl (C=O) groups excluding carboxylic acids is 2. The maximum absolute atomic E-state index is 12.2. The van der Waals surface area contributed by atoms with E-state index < -0.39 is 4.92 Å². The molecule has 1 heterocycles. The number of benzene rings is 1. The first kappa shape index (κ1) is 18.6. The van der Waals surface area contributed by atoms with Crippen LogP contribution in [0.5, 0.6) is 0 Å². The first-order valence-electron chi connectivity index (χ1n) is 8.01. The standard InChI is InChI=1S/C17H22N4O4/c1-18(2)13-17(23)20-11-9-19(10-12-20)16(22)8-5-14-3-6-15(7-4-14)21(24)25/h3-8H,9-13H2,1-2H3/b8-5+. The number of nitro groups is 1. The van der Waals surface area contributed by atoms with Gasteiger partial charge in [0.1, 0.15) is 0 Å². The molecule has 1 saturated heterocycles. The van der Waals surface area contributed by atoms with Crippen LogP contribution < -0.4 is 0 Å². The minimum atomic E-state index is -0.463. The molecule has 1 aliphatic heterocycles. The highest BCUT2D eigenvalue weighted by Crippen LogP contribution is 2.13. The lowest BCUT2D eigenvalue weighted by atomic mass is 10.2. The van der Waals surface area contributed by atoms with Crippen LogP contribution in [0.25, 0.3) is 6.08 Å². The molecule has 1 aliphatic rings. The Balaban J connectivity index is 1.86. The van der Waals surface area contributed by atoms with E-state index in [1.165, 1.54) is 18.2 Å². The molecule has 1 aromatic carbocycles. The molecular weight excluding hydrogens is 324 g/mol. The Morgan fingerprint density at radius 1 is 1.12 bits per heavy atom. The number of nitrogens with zero attached hydrogens (tertiary/aromatic N) is 4. The SMILES string of the molecule is CN(C)CC(=O)N1CCN(C(=O)/C=C/c2ccc([N+](=O)[O-])cc2)CC1. The molecule has 1 fully saturated rings. The molecule has 25 heavy (non-hydrogen) atoms. The quantitative estimate of drug-likeness (QED) is 0.448. The second-order valence-corrected chi connectivity index (χ2v) is 6.13. The van der Waals surface area contributed by atoms with Crippen LogP contribution in [0.2, 0.25) is 0 Å². The Bertz CT molecular complexity index is 662. The van der Waals surface area contributed by atoms with Gasteiger partial charge in [-0.05, 0) is 37.9 Å². The third-order valence-corrected chi connectivity index (χ3v) is 3.92. The molecule has 134 valence electrons. The average Bonchev–Trinajstić information content (AvgIpc) is 2.59. The van der Waals surface area contributed by atoms with Gasteiger partial charge in [-0.1, -0.05) is 0 Å². The molecule has 0 aromatic heterocycles. The van der Waals surface area contributed by atoms with Crippen LogP contribution in [0.1, 0.15) is 5.56 Å². The Kier molecular flexibility index (Phi) is 6.24. The summed E-state index contributed by atoms with van der Waals surface area (Å²) in [6, 6.07) is 6.00. The van der Waals surface area contributed by atoms with Gasteiger partial charge in [0, 0.05) is 44.4 Å². The Hall–Kier alpha value is -2.74. The molecule has 2 amide bonds. The first-order chi connectivity index (χ1) is 11.9. The third kappa shape index (κ3) is 5.39. The summed E-state index contributed by atoms with van der Waals surface area (Å²) in [7, 11) is 3.70. The number of rotatable bonds is 5. The topological polar surface area (TPSA) is 87.0 Å². The number of nitro benzene ring substituents is 1. The Labute approximate surface area is 146 Å². The van der Waals surface area contributed by atoms with Gasteiger partial charge in [-0.3, -0.25) is 19.7 Å². The molecule has 0 radical (unpaired) electrons. The van der Waals surface area contributed by atoms with E-state index in [1.807, 2.05) is 19.0 Å². The van der Waals surface area contributed by atoms with E-state index >= 15 is 0 Å². The normalized spacial score (nSPS) is 15.0. The summed E-state index contributed by atoms with van der Waals surface area (Å²) < 4.78 is 0. The van der Waals surface area contributed by atoms with E-state index in [2.05, 4.69) is 0 Å². The second kappa shape index (κ2) is 8.39. The molecule has 0 unspecified atom stereocenters. The van der Waals surface area contributed by atoms with Crippen molar-refractivity contribution in [2.75, 3.05) is 46.8 Å². The van der Waals surface area contributed by atoms with Crippen LogP contribution in [0, 0.1) is 10.1 Å². The zero-order chi connectivity index (χ0) is 18.4. The van der Waals surface area contributed by atoms with Gasteiger partial charge < -0.3 is 14.7 Å². The number of carbonyl (C=O) groups is 2. The van der Waals surface area contributed by atoms with Crippen molar-refractivity contribution in [2.45, 2.75) is 0 Å². The van der Waals surface area contributed by atoms with Crippen molar-refractivity contribution in [3.63, 3.8) is 0 Å². The maximum atomic E-state index is 12.2. The van der Waals surface area contributed by atoms with E-state index in [-0.39, 0.29) is 17.5 Å². The summed E-state index contributed by atoms with van der Waals surface area (Å²) in [5, 5.41) is 10.6. The van der Waals surface area contributed by atoms with Gasteiger partial charge in [0.2, 0.25) is 11.8 Å². The van der Waals surface area contributed by atoms with Gasteiger partial charge in [-0.15, -0.1) is 0 Å². The lowest BCUT2D eigenvalue weighted by Gasteiger charge is -2.34. The molecule has 0 N–H and O–H groups in total. The molecular formula is C17H22N4O4. The fraction of sp³-hybridized carbons (Fsp3) is 0.412. The van der Waals surface area contributed by atoms with E-state index in [9.17, 15) is 19.7 Å². The van der Waals surface area contributed by atoms with Crippen molar-refractivity contribution < 1.29 is 14.5 Å². The van der Waals surface area contributed by atoms with Crippen molar-refractivity contribution in [1.29, 1.82) is 0 Å². The Morgan fingerprint density at radius 3 is 2.20 bits per heavy atom. The lowest BCUT2D eigenvalue weighted by Crippen LogP contribution is -2.51. The summed E-state index contributed by atoms with van der Waals surface area (Å²) in [5.41, 5.74) is 0.737. The highest BCUT2D eigenvalue weighted by atomic mass is 16.6. The molecule has 0 saturated carbocycles. The smallest absolute Gasteiger partial charge is 0.269 e. The van der Waals surface area contributed by atoms with Gasteiger partial charge in [0.15, 0.2) is 0 Å². The molecule has 0 spiro atoms. The highest BCUT2D eigenvalue weighted by molar-refractivity contribution is 5.92. The number of likely N-dealkylation sites (N-methyl/N-ethyl adjacent to an activating group) is 1. The van der Waals surface area contributed by atoms with Crippen molar-refractivity contribution in [3.8, 4) is 0 Å². The van der Waals surface area contributed by atoms with Crippen LogP contribution in [-0.2, 0) is 9.59 Å². The summed E-state index contributed by atoms with van der Waals surface area (Å²) in [4.78, 5) is 39.7. The molecule has 0 atom stereocenters. The monoisotopic (exact) mass is 346 g/mol. The van der Waals surface area contributed by atoms with Crippen LogP contribution >= 0.6 is 0 Å². The van der Waals surface area contributed by atoms with Crippen molar-refractivity contribution in [3.05, 3.63) is 46.0 Å². The fourth-order valence-electron chi connectivity index (χ4n) is 2.53. The number of hydrogen-bond donors (Lipinski definition) is 0. The van der Waals surface area contributed by atoms with Crippen molar-refractivity contribution in [1.82, 2.24) is 14.7 Å². The zero-order valence-corrected chi connectivity index (χ0v) is 14.4. The Morgan fingerprint density at radius 2 is 1.68 bits per heavy atom. The minimum Gasteiger partial charge on any atom is -0.338 e.